The number of ether oxygens (including phenoxy) is 3. The van der Waals surface area contributed by atoms with Crippen molar-refractivity contribution in [2.24, 2.45) is 21.1 Å². The minimum atomic E-state index is -0.200. The van der Waals surface area contributed by atoms with Crippen LogP contribution in [0.25, 0.3) is 66.4 Å². The highest BCUT2D eigenvalue weighted by Gasteiger charge is 2.39. The summed E-state index contributed by atoms with van der Waals surface area (Å²) in [6.07, 6.45) is 16.7. The van der Waals surface area contributed by atoms with E-state index in [-0.39, 0.29) is 22.2 Å². The van der Waals surface area contributed by atoms with Crippen molar-refractivity contribution in [3.63, 3.8) is 0 Å². The van der Waals surface area contributed by atoms with E-state index >= 15 is 0 Å². The molecule has 618 valence electrons. The minimum absolute atomic E-state index is 0.000878. The zero-order valence-corrected chi connectivity index (χ0v) is 69.7. The first-order valence-corrected chi connectivity index (χ1v) is 43.4. The Labute approximate surface area is 712 Å². The fraction of sp³-hybridized carbons (Fsp3) is 0.275. The van der Waals surface area contributed by atoms with E-state index in [0.29, 0.717) is 60.7 Å². The lowest BCUT2D eigenvalue weighted by atomic mass is 9.97. The Hall–Kier alpha value is -13.2. The van der Waals surface area contributed by atoms with Crippen LogP contribution in [0.5, 0.6) is 17.2 Å². The Morgan fingerprint density at radius 2 is 0.772 bits per heavy atom. The Morgan fingerprint density at radius 3 is 1.23 bits per heavy atom. The number of aryl methyl sites for hydroxylation is 5. The molecule has 8 bridgehead atoms. The maximum atomic E-state index is 12.9. The number of nitrogens with zero attached hydrogens (tertiary/aromatic N) is 13. The van der Waals surface area contributed by atoms with Gasteiger partial charge >= 0.3 is 5.56 Å². The molecule has 8 aromatic heterocycles. The third-order valence-corrected chi connectivity index (χ3v) is 26.9. The fourth-order valence-electron chi connectivity index (χ4n) is 20.8. The highest BCUT2D eigenvalue weighted by Crippen LogP contribution is 2.46. The van der Waals surface area contributed by atoms with Crippen molar-refractivity contribution < 1.29 is 18.8 Å². The smallest absolute Gasteiger partial charge is 0.319 e. The van der Waals surface area contributed by atoms with Crippen LogP contribution in [0.15, 0.2) is 281 Å². The summed E-state index contributed by atoms with van der Waals surface area (Å²) in [7, 11) is 6.50. The first-order chi connectivity index (χ1) is 60.3. The predicted octanol–water partition coefficient (Wildman–Crippen LogP) is 15.2. The molecule has 8 aliphatic rings. The lowest BCUT2D eigenvalue weighted by molar-refractivity contribution is -0.697. The average Bonchev–Trinajstić information content (AvgIpc) is 1.61. The van der Waals surface area contributed by atoms with Crippen LogP contribution in [-0.4, -0.2) is 114 Å². The van der Waals surface area contributed by atoms with Gasteiger partial charge in [-0.1, -0.05) is 146 Å². The lowest BCUT2D eigenvalue weighted by Gasteiger charge is -2.23. The van der Waals surface area contributed by atoms with Crippen LogP contribution in [0.3, 0.4) is 0 Å². The molecular formula is C102H99N14O7+. The molecule has 0 amide bonds. The van der Waals surface area contributed by atoms with Crippen LogP contribution in [0.4, 0.5) is 0 Å². The molecule has 0 saturated carbocycles. The quantitative estimate of drug-likeness (QED) is 0.0908. The highest BCUT2D eigenvalue weighted by atomic mass is 16.5. The van der Waals surface area contributed by atoms with Gasteiger partial charge in [0.25, 0.3) is 16.7 Å². The second-order valence-corrected chi connectivity index (χ2v) is 34.5. The highest BCUT2D eigenvalue weighted by molar-refractivity contribution is 5.91. The molecule has 4 fully saturated rings. The van der Waals surface area contributed by atoms with Crippen LogP contribution in [0, 0.1) is 0 Å². The first-order valence-electron chi connectivity index (χ1n) is 43.4. The van der Waals surface area contributed by atoms with Crippen molar-refractivity contribution in [3.8, 4) is 40.0 Å². The Morgan fingerprint density at radius 1 is 0.382 bits per heavy atom. The maximum Gasteiger partial charge on any atom is 0.319 e. The second kappa shape index (κ2) is 32.7. The number of nitrogens with one attached hydrogen (secondary N) is 1. The molecule has 8 aliphatic heterocycles. The molecule has 16 aromatic rings. The summed E-state index contributed by atoms with van der Waals surface area (Å²) in [5.41, 5.74) is 23.9. The normalized spacial score (nSPS) is 19.6. The van der Waals surface area contributed by atoms with Crippen molar-refractivity contribution in [1.29, 1.82) is 0 Å². The standard InChI is InChI=1S/C26H27N4O.C26H25N3O2.C25H24N4O2.C25H23N3O2/c1-27-24-15-21(7-8-22(24)23-17-29-12-10-20(16-29)26(23)27)30-14-13-28(18-25(30)31)11-9-19-5-3-2-4-6-19;1-27-24-13-20(7-8-22(24)23-16-28-11-9-19(15-28)26(23)27)29-12-10-21(14-25(29)30)31-17-18-5-3-2-4-6-18;1-27-23-11-19(7-8-21(23)22-15-28-10-9-18(14-28)25(22)27)29-24(30)12-20(13-26-29)31-16-17-5-3-2-4-6-17;29-24-13-20(30-16-17-4-2-1-3-5-17)9-11-28(24)19-6-7-21-22-15-27-10-8-18(14-27)25(22)26-23(21)12-19/h2-8,13-15,18,20H,9-12,16-17H2,1H3;2-8,10,12-14,19H,9,11,15-17H2,1H3;2-8,11-13,18H,9-10,14-16H2,1H3;1-7,9,11-13,18,26H,8,10,14-16H2/q+1;;;. The summed E-state index contributed by atoms with van der Waals surface area (Å²) < 4.78 is 32.9. The first kappa shape index (κ1) is 77.2. The number of hydrogen-bond donors (Lipinski definition) is 1. The van der Waals surface area contributed by atoms with Gasteiger partial charge in [-0.05, 0) is 157 Å². The number of H-pyrrole nitrogens is 1. The zero-order chi connectivity index (χ0) is 82.9. The van der Waals surface area contributed by atoms with E-state index < -0.39 is 0 Å². The predicted molar refractivity (Wildman–Crippen MR) is 480 cm³/mol. The fourth-order valence-corrected chi connectivity index (χ4v) is 20.8. The molecule has 123 heavy (non-hydrogen) atoms. The maximum absolute atomic E-state index is 12.9. The van der Waals surface area contributed by atoms with Gasteiger partial charge in [-0.2, -0.15) is 14.3 Å². The molecule has 21 nitrogen and oxygen atoms in total. The summed E-state index contributed by atoms with van der Waals surface area (Å²) in [4.78, 5) is 65.1. The minimum Gasteiger partial charge on any atom is -0.489 e. The van der Waals surface area contributed by atoms with Gasteiger partial charge in [0, 0.05) is 184 Å². The Bertz CT molecular complexity index is 6460. The van der Waals surface area contributed by atoms with Crippen molar-refractivity contribution in [2.75, 3.05) is 52.4 Å². The van der Waals surface area contributed by atoms with Crippen LogP contribution in [-0.2, 0) is 80.1 Å². The summed E-state index contributed by atoms with van der Waals surface area (Å²) in [5.74, 6) is 4.17. The third-order valence-electron chi connectivity index (χ3n) is 26.9. The van der Waals surface area contributed by atoms with E-state index in [9.17, 15) is 19.2 Å². The SMILES string of the molecule is Cn1c2c(c3ccc(-n4cc[n+](CCc5ccccc5)cc4=O)cc31)CN1CCC2C1.Cn1c2c(c3ccc(-n4ccc(OCc5ccccc5)cc4=O)cc31)CN1CCC2C1.Cn1c2c(c3ccc(-n4ncc(OCc5ccccc5)cc4=O)cc31)CN1CCC2C1.O=c1cc(OCc2ccccc2)ccn1-c1ccc2c3c([nH]c2c1)C1CCN(C3)C1. The van der Waals surface area contributed by atoms with Crippen molar-refractivity contribution in [3.05, 3.63) is 370 Å². The molecule has 24 rings (SSSR count). The monoisotopic (exact) mass is 1630 g/mol. The average molecular weight is 1630 g/mol. The van der Waals surface area contributed by atoms with E-state index in [1.807, 2.05) is 138 Å². The van der Waals surface area contributed by atoms with Gasteiger partial charge in [0.2, 0.25) is 6.20 Å². The molecule has 0 aliphatic carbocycles. The van der Waals surface area contributed by atoms with Crippen LogP contribution < -0.4 is 41.0 Å². The lowest BCUT2D eigenvalue weighted by Crippen LogP contribution is -2.40. The number of rotatable bonds is 16. The van der Waals surface area contributed by atoms with Gasteiger partial charge in [0.1, 0.15) is 37.1 Å². The molecule has 21 heteroatoms. The molecule has 8 atom stereocenters. The number of aromatic amines is 1. The van der Waals surface area contributed by atoms with Crippen molar-refractivity contribution >= 4 is 43.6 Å². The molecule has 16 heterocycles. The van der Waals surface area contributed by atoms with E-state index in [1.54, 1.807) is 50.6 Å². The van der Waals surface area contributed by atoms with E-state index in [4.69, 9.17) is 14.2 Å². The molecule has 8 aromatic carbocycles. The Balaban J connectivity index is 0.000000101. The van der Waals surface area contributed by atoms with Crippen molar-refractivity contribution in [2.45, 2.75) is 108 Å². The number of fused-ring (bicyclic) bond motifs is 24. The summed E-state index contributed by atoms with van der Waals surface area (Å²) >= 11 is 0. The van der Waals surface area contributed by atoms with Gasteiger partial charge < -0.3 is 32.9 Å². The van der Waals surface area contributed by atoms with Gasteiger partial charge in [0.15, 0.2) is 12.7 Å². The second-order valence-electron chi connectivity index (χ2n) is 34.5. The van der Waals surface area contributed by atoms with Crippen LogP contribution >= 0.6 is 0 Å². The van der Waals surface area contributed by atoms with Gasteiger partial charge in [-0.15, -0.1) is 0 Å². The van der Waals surface area contributed by atoms with Crippen LogP contribution in [0.2, 0.25) is 0 Å². The zero-order valence-electron chi connectivity index (χ0n) is 69.7. The molecule has 8 unspecified atom stereocenters. The number of hydrogen-bond acceptors (Lipinski definition) is 12. The van der Waals surface area contributed by atoms with Crippen LogP contribution in [0.1, 0.15) is 117 Å². The van der Waals surface area contributed by atoms with E-state index in [2.05, 4.69) is 149 Å². The Kier molecular flexibility index (Phi) is 20.5. The van der Waals surface area contributed by atoms with E-state index in [0.717, 1.165) is 103 Å². The van der Waals surface area contributed by atoms with Crippen molar-refractivity contribution in [1.82, 2.24) is 61.8 Å². The number of benzene rings is 8. The molecule has 0 spiro atoms. The largest absolute Gasteiger partial charge is 0.489 e. The van der Waals surface area contributed by atoms with Gasteiger partial charge in [0.05, 0.1) is 51.7 Å². The molecule has 4 saturated heterocycles. The van der Waals surface area contributed by atoms with E-state index in [1.165, 1.54) is 159 Å². The van der Waals surface area contributed by atoms with Gasteiger partial charge in [-0.3, -0.25) is 52.5 Å². The summed E-state index contributed by atoms with van der Waals surface area (Å²) in [6.45, 7) is 15.7. The summed E-state index contributed by atoms with van der Waals surface area (Å²) in [5, 5.41) is 9.59. The molecule has 1 N–H and O–H groups in total. The van der Waals surface area contributed by atoms with Gasteiger partial charge in [-0.25, -0.2) is 0 Å². The topological polar surface area (TPSA) is 176 Å². The number of pyridine rings is 2. The third kappa shape index (κ3) is 15.1. The summed E-state index contributed by atoms with van der Waals surface area (Å²) in [6, 6.07) is 73.9. The number of aromatic nitrogens is 10. The molecule has 0 radical (unpaired) electrons. The molecular weight excluding hydrogens is 1530 g/mol.